The molecule has 1 aromatic heterocycles. The van der Waals surface area contributed by atoms with Crippen LogP contribution in [0, 0.1) is 0 Å². The third-order valence-electron chi connectivity index (χ3n) is 4.61. The van der Waals surface area contributed by atoms with Crippen molar-refractivity contribution in [2.45, 2.75) is 6.42 Å². The lowest BCUT2D eigenvalue weighted by atomic mass is 10.1. The molecule has 0 aliphatic carbocycles. The number of benzene rings is 3. The van der Waals surface area contributed by atoms with Crippen LogP contribution in [-0.2, 0) is 6.42 Å². The lowest BCUT2D eigenvalue weighted by Gasteiger charge is -2.09. The molecular weight excluding hydrogens is 428 g/mol. The zero-order valence-corrected chi connectivity index (χ0v) is 17.2. The number of aromatic nitrogens is 3. The maximum absolute atomic E-state index is 12.4. The summed E-state index contributed by atoms with van der Waals surface area (Å²) in [4.78, 5) is 12.4. The van der Waals surface area contributed by atoms with E-state index in [0.29, 0.717) is 12.1 Å². The topological polar surface area (TPSA) is 59.8 Å². The lowest BCUT2D eigenvalue weighted by molar-refractivity contribution is 0.0954. The zero-order valence-electron chi connectivity index (χ0n) is 15.6. The molecule has 0 bridgehead atoms. The molecule has 0 unspecified atom stereocenters. The van der Waals surface area contributed by atoms with E-state index in [1.54, 1.807) is 23.0 Å². The number of carbonyl (C=O) groups excluding carboxylic acids is 1. The van der Waals surface area contributed by atoms with E-state index in [4.69, 9.17) is 0 Å². The Hall–Kier alpha value is -3.25. The first-order valence-electron chi connectivity index (χ1n) is 9.30. The van der Waals surface area contributed by atoms with E-state index in [1.165, 1.54) is 5.56 Å². The van der Waals surface area contributed by atoms with Gasteiger partial charge in [-0.2, -0.15) is 0 Å². The van der Waals surface area contributed by atoms with E-state index in [1.807, 2.05) is 54.6 Å². The van der Waals surface area contributed by atoms with Crippen molar-refractivity contribution >= 4 is 21.8 Å². The van der Waals surface area contributed by atoms with E-state index < -0.39 is 0 Å². The van der Waals surface area contributed by atoms with Crippen LogP contribution in [0.3, 0.4) is 0 Å². The Morgan fingerprint density at radius 2 is 1.66 bits per heavy atom. The molecule has 5 nitrogen and oxygen atoms in total. The highest BCUT2D eigenvalue weighted by molar-refractivity contribution is 9.10. The standard InChI is InChI=1S/C23H19BrN4O/c24-20-10-6-18(7-11-20)22-16-26-27-28(22)21-12-8-19(9-13-21)23(29)25-15-14-17-4-2-1-3-5-17/h1-13,16H,14-15H2,(H,25,29). The van der Waals surface area contributed by atoms with Crippen LogP contribution in [0.5, 0.6) is 0 Å². The third-order valence-corrected chi connectivity index (χ3v) is 5.13. The highest BCUT2D eigenvalue weighted by Gasteiger charge is 2.10. The van der Waals surface area contributed by atoms with E-state index >= 15 is 0 Å². The largest absolute Gasteiger partial charge is 0.352 e. The maximum atomic E-state index is 12.4. The summed E-state index contributed by atoms with van der Waals surface area (Å²) in [6.45, 7) is 0.599. The van der Waals surface area contributed by atoms with Gasteiger partial charge in [-0.1, -0.05) is 63.6 Å². The van der Waals surface area contributed by atoms with Crippen molar-refractivity contribution in [3.63, 3.8) is 0 Å². The van der Waals surface area contributed by atoms with Gasteiger partial charge < -0.3 is 5.32 Å². The van der Waals surface area contributed by atoms with Crippen molar-refractivity contribution in [1.29, 1.82) is 0 Å². The molecule has 1 heterocycles. The number of hydrogen-bond acceptors (Lipinski definition) is 3. The van der Waals surface area contributed by atoms with Crippen molar-refractivity contribution in [2.24, 2.45) is 0 Å². The summed E-state index contributed by atoms with van der Waals surface area (Å²) < 4.78 is 2.78. The molecule has 0 saturated carbocycles. The molecule has 29 heavy (non-hydrogen) atoms. The molecule has 4 aromatic rings. The Labute approximate surface area is 177 Å². The van der Waals surface area contributed by atoms with E-state index in [2.05, 4.69) is 43.7 Å². The minimum absolute atomic E-state index is 0.0841. The van der Waals surface area contributed by atoms with Gasteiger partial charge in [0, 0.05) is 22.1 Å². The highest BCUT2D eigenvalue weighted by atomic mass is 79.9. The third kappa shape index (κ3) is 4.60. The Kier molecular flexibility index (Phi) is 5.81. The molecule has 0 atom stereocenters. The fraction of sp³-hybridized carbons (Fsp3) is 0.0870. The number of amides is 1. The van der Waals surface area contributed by atoms with E-state index in [9.17, 15) is 4.79 Å². The molecule has 0 aliphatic heterocycles. The van der Waals surface area contributed by atoms with Gasteiger partial charge in [0.1, 0.15) is 0 Å². The van der Waals surface area contributed by atoms with Crippen molar-refractivity contribution < 1.29 is 4.79 Å². The summed E-state index contributed by atoms with van der Waals surface area (Å²) in [6.07, 6.45) is 2.54. The summed E-state index contributed by atoms with van der Waals surface area (Å²) in [7, 11) is 0. The van der Waals surface area contributed by atoms with E-state index in [0.717, 1.165) is 27.8 Å². The van der Waals surface area contributed by atoms with Gasteiger partial charge in [0.2, 0.25) is 0 Å². The molecule has 3 aromatic carbocycles. The first-order chi connectivity index (χ1) is 14.2. The zero-order chi connectivity index (χ0) is 20.1. The Balaban J connectivity index is 1.44. The molecule has 4 rings (SSSR count). The SMILES string of the molecule is O=C(NCCc1ccccc1)c1ccc(-n2nncc2-c2ccc(Br)cc2)cc1. The number of halogens is 1. The van der Waals surface area contributed by atoms with Gasteiger partial charge in [-0.25, -0.2) is 4.68 Å². The minimum Gasteiger partial charge on any atom is -0.352 e. The number of carbonyl (C=O) groups is 1. The van der Waals surface area contributed by atoms with Crippen LogP contribution < -0.4 is 5.32 Å². The predicted molar refractivity (Wildman–Crippen MR) is 117 cm³/mol. The Bertz CT molecular complexity index is 1090. The van der Waals surface area contributed by atoms with Gasteiger partial charge in [0.15, 0.2) is 0 Å². The average molecular weight is 447 g/mol. The molecule has 0 radical (unpaired) electrons. The monoisotopic (exact) mass is 446 g/mol. The maximum Gasteiger partial charge on any atom is 0.251 e. The van der Waals surface area contributed by atoms with Gasteiger partial charge in [-0.05, 0) is 48.4 Å². The summed E-state index contributed by atoms with van der Waals surface area (Å²) in [5, 5.41) is 11.2. The van der Waals surface area contributed by atoms with Crippen molar-refractivity contribution in [1.82, 2.24) is 20.3 Å². The summed E-state index contributed by atoms with van der Waals surface area (Å²) >= 11 is 3.45. The molecule has 0 saturated heterocycles. The second-order valence-corrected chi connectivity index (χ2v) is 7.49. The fourth-order valence-corrected chi connectivity index (χ4v) is 3.33. The Morgan fingerprint density at radius 1 is 0.931 bits per heavy atom. The molecule has 0 fully saturated rings. The van der Waals surface area contributed by atoms with Crippen LogP contribution in [0.4, 0.5) is 0 Å². The molecule has 0 aliphatic rings. The van der Waals surface area contributed by atoms with Crippen molar-refractivity contribution in [3.05, 3.63) is 101 Å². The van der Waals surface area contributed by atoms with Crippen LogP contribution >= 0.6 is 15.9 Å². The van der Waals surface area contributed by atoms with Crippen LogP contribution in [0.25, 0.3) is 16.9 Å². The minimum atomic E-state index is -0.0841. The number of nitrogens with zero attached hydrogens (tertiary/aromatic N) is 3. The fourth-order valence-electron chi connectivity index (χ4n) is 3.06. The van der Waals surface area contributed by atoms with Crippen LogP contribution in [0.15, 0.2) is 89.5 Å². The van der Waals surface area contributed by atoms with Gasteiger partial charge in [-0.15, -0.1) is 5.10 Å². The normalized spacial score (nSPS) is 10.7. The smallest absolute Gasteiger partial charge is 0.251 e. The van der Waals surface area contributed by atoms with Crippen LogP contribution in [0.1, 0.15) is 15.9 Å². The summed E-state index contributed by atoms with van der Waals surface area (Å²) in [5.41, 5.74) is 4.57. The second-order valence-electron chi connectivity index (χ2n) is 6.58. The van der Waals surface area contributed by atoms with Gasteiger partial charge in [-0.3, -0.25) is 4.79 Å². The average Bonchev–Trinajstić information content (AvgIpc) is 3.25. The summed E-state index contributed by atoms with van der Waals surface area (Å²) in [5.74, 6) is -0.0841. The lowest BCUT2D eigenvalue weighted by Crippen LogP contribution is -2.25. The van der Waals surface area contributed by atoms with Gasteiger partial charge in [0.05, 0.1) is 17.6 Å². The van der Waals surface area contributed by atoms with Crippen molar-refractivity contribution in [2.75, 3.05) is 6.54 Å². The van der Waals surface area contributed by atoms with Crippen LogP contribution in [-0.4, -0.2) is 27.4 Å². The molecule has 6 heteroatoms. The highest BCUT2D eigenvalue weighted by Crippen LogP contribution is 2.23. The summed E-state index contributed by atoms with van der Waals surface area (Å²) in [6, 6.07) is 25.5. The van der Waals surface area contributed by atoms with Gasteiger partial charge in [0.25, 0.3) is 5.91 Å². The molecule has 144 valence electrons. The quantitative estimate of drug-likeness (QED) is 0.468. The molecule has 1 amide bonds. The first kappa shape index (κ1) is 19.1. The van der Waals surface area contributed by atoms with E-state index in [-0.39, 0.29) is 5.91 Å². The van der Waals surface area contributed by atoms with Crippen LogP contribution in [0.2, 0.25) is 0 Å². The molecular formula is C23H19BrN4O. The molecule has 0 spiro atoms. The molecule has 1 N–H and O–H groups in total. The second kappa shape index (κ2) is 8.84. The van der Waals surface area contributed by atoms with Gasteiger partial charge >= 0.3 is 0 Å². The predicted octanol–water partition coefficient (Wildman–Crippen LogP) is 4.67. The van der Waals surface area contributed by atoms with Crippen molar-refractivity contribution in [3.8, 4) is 16.9 Å². The number of rotatable bonds is 6. The Morgan fingerprint density at radius 3 is 2.38 bits per heavy atom. The number of hydrogen-bond donors (Lipinski definition) is 1. The first-order valence-corrected chi connectivity index (χ1v) is 10.1. The number of nitrogens with one attached hydrogen (secondary N) is 1.